The van der Waals surface area contributed by atoms with Gasteiger partial charge in [-0.15, -0.1) is 0 Å². The molecule has 0 spiro atoms. The van der Waals surface area contributed by atoms with Crippen LogP contribution in [0.1, 0.15) is 30.1 Å². The number of carbonyl (C=O) groups is 1. The van der Waals surface area contributed by atoms with Crippen molar-refractivity contribution in [2.75, 3.05) is 18.6 Å². The highest BCUT2D eigenvalue weighted by atomic mass is 32.2. The number of halogens is 1. The topological polar surface area (TPSA) is 43.4 Å². The molecule has 0 heterocycles. The van der Waals surface area contributed by atoms with Crippen LogP contribution in [0.5, 0.6) is 5.75 Å². The molecule has 3 nitrogen and oxygen atoms in total. The Morgan fingerprint density at radius 2 is 2.17 bits per heavy atom. The molecule has 0 aromatic heterocycles. The van der Waals surface area contributed by atoms with Gasteiger partial charge in [-0.05, 0) is 24.6 Å². The van der Waals surface area contributed by atoms with E-state index in [-0.39, 0.29) is 17.1 Å². The first-order valence-electron chi connectivity index (χ1n) is 5.80. The summed E-state index contributed by atoms with van der Waals surface area (Å²) in [6.07, 6.45) is 1.75. The molecule has 0 aliphatic heterocycles. The van der Waals surface area contributed by atoms with Crippen LogP contribution < -0.4 is 4.74 Å². The Bertz CT molecular complexity index is 446. The number of ketones is 1. The summed E-state index contributed by atoms with van der Waals surface area (Å²) < 4.78 is 29.7. The van der Waals surface area contributed by atoms with Gasteiger partial charge in [0.1, 0.15) is 11.6 Å². The van der Waals surface area contributed by atoms with Gasteiger partial charge in [-0.3, -0.25) is 9.00 Å². The summed E-state index contributed by atoms with van der Waals surface area (Å²) in [6.45, 7) is 1.99. The number of rotatable bonds is 7. The average Bonchev–Trinajstić information content (AvgIpc) is 2.36. The molecular weight excluding hydrogens is 255 g/mol. The van der Waals surface area contributed by atoms with Crippen molar-refractivity contribution in [3.05, 3.63) is 29.6 Å². The standard InChI is InChI=1S/C13H17FO3S/c1-3-4-7-18(16)9-12(15)11-8-10(14)5-6-13(11)17-2/h5-6,8H,3-4,7,9H2,1-2H3. The lowest BCUT2D eigenvalue weighted by Crippen LogP contribution is -2.14. The fraction of sp³-hybridized carbons (Fsp3) is 0.462. The van der Waals surface area contributed by atoms with E-state index < -0.39 is 16.6 Å². The summed E-state index contributed by atoms with van der Waals surface area (Å²) in [7, 11) is 0.220. The Morgan fingerprint density at radius 3 is 2.78 bits per heavy atom. The van der Waals surface area contributed by atoms with Gasteiger partial charge in [-0.1, -0.05) is 13.3 Å². The Hall–Kier alpha value is -1.23. The lowest BCUT2D eigenvalue weighted by Gasteiger charge is -2.07. The Kier molecular flexibility index (Phi) is 5.98. The van der Waals surface area contributed by atoms with Crippen molar-refractivity contribution < 1.29 is 18.1 Å². The van der Waals surface area contributed by atoms with Crippen LogP contribution in [-0.2, 0) is 10.8 Å². The van der Waals surface area contributed by atoms with Crippen molar-refractivity contribution in [2.24, 2.45) is 0 Å². The Morgan fingerprint density at radius 1 is 1.44 bits per heavy atom. The first-order valence-corrected chi connectivity index (χ1v) is 7.29. The number of unbranched alkanes of at least 4 members (excludes halogenated alkanes) is 1. The van der Waals surface area contributed by atoms with Gasteiger partial charge in [0.15, 0.2) is 5.78 Å². The number of benzene rings is 1. The molecule has 1 unspecified atom stereocenters. The molecule has 0 bridgehead atoms. The molecule has 0 radical (unpaired) electrons. The summed E-state index contributed by atoms with van der Waals surface area (Å²) in [5.41, 5.74) is 0.155. The third-order valence-corrected chi connectivity index (χ3v) is 3.81. The second-order valence-corrected chi connectivity index (χ2v) is 5.49. The molecule has 0 aliphatic carbocycles. The first kappa shape index (κ1) is 14.8. The molecule has 1 rings (SSSR count). The lowest BCUT2D eigenvalue weighted by molar-refractivity contribution is 0.101. The fourth-order valence-corrected chi connectivity index (χ4v) is 2.70. The van der Waals surface area contributed by atoms with E-state index in [1.54, 1.807) is 0 Å². The van der Waals surface area contributed by atoms with Gasteiger partial charge in [-0.25, -0.2) is 4.39 Å². The highest BCUT2D eigenvalue weighted by Crippen LogP contribution is 2.20. The van der Waals surface area contributed by atoms with Crippen molar-refractivity contribution in [1.29, 1.82) is 0 Å². The molecule has 0 saturated heterocycles. The minimum absolute atomic E-state index is 0.0835. The quantitative estimate of drug-likeness (QED) is 0.716. The fourth-order valence-electron chi connectivity index (χ4n) is 1.50. The SMILES string of the molecule is CCCCS(=O)CC(=O)c1cc(F)ccc1OC. The van der Waals surface area contributed by atoms with Crippen LogP contribution in [0, 0.1) is 5.82 Å². The second kappa shape index (κ2) is 7.26. The average molecular weight is 272 g/mol. The van der Waals surface area contributed by atoms with Gasteiger partial charge in [-0.2, -0.15) is 0 Å². The van der Waals surface area contributed by atoms with E-state index in [0.29, 0.717) is 11.5 Å². The van der Waals surface area contributed by atoms with E-state index in [4.69, 9.17) is 4.74 Å². The highest BCUT2D eigenvalue weighted by Gasteiger charge is 2.15. The smallest absolute Gasteiger partial charge is 0.179 e. The molecule has 18 heavy (non-hydrogen) atoms. The second-order valence-electron chi connectivity index (χ2n) is 3.91. The van der Waals surface area contributed by atoms with Crippen molar-refractivity contribution >= 4 is 16.6 Å². The molecule has 1 aromatic carbocycles. The number of methoxy groups -OCH3 is 1. The predicted molar refractivity (Wildman–Crippen MR) is 70.1 cm³/mol. The number of ether oxygens (including phenoxy) is 1. The molecular formula is C13H17FO3S. The predicted octanol–water partition coefficient (Wildman–Crippen LogP) is 2.57. The van der Waals surface area contributed by atoms with Gasteiger partial charge in [0.25, 0.3) is 0 Å². The van der Waals surface area contributed by atoms with E-state index in [1.165, 1.54) is 19.2 Å². The molecule has 5 heteroatoms. The Labute approximate surface area is 109 Å². The Balaban J connectivity index is 2.77. The summed E-state index contributed by atoms with van der Waals surface area (Å²) >= 11 is 0. The molecule has 1 aromatic rings. The number of carbonyl (C=O) groups excluding carboxylic acids is 1. The van der Waals surface area contributed by atoms with E-state index in [9.17, 15) is 13.4 Å². The molecule has 0 aliphatic rings. The summed E-state index contributed by atoms with van der Waals surface area (Å²) in [6, 6.07) is 3.75. The largest absolute Gasteiger partial charge is 0.496 e. The molecule has 0 fully saturated rings. The van der Waals surface area contributed by atoms with E-state index in [1.807, 2.05) is 6.92 Å². The van der Waals surface area contributed by atoms with Crippen molar-refractivity contribution in [3.8, 4) is 5.75 Å². The third kappa shape index (κ3) is 4.22. The van der Waals surface area contributed by atoms with Gasteiger partial charge in [0.05, 0.1) is 18.4 Å². The summed E-state index contributed by atoms with van der Waals surface area (Å²) in [4.78, 5) is 11.9. The van der Waals surface area contributed by atoms with Crippen LogP contribution >= 0.6 is 0 Å². The van der Waals surface area contributed by atoms with Gasteiger partial charge < -0.3 is 4.74 Å². The van der Waals surface area contributed by atoms with Gasteiger partial charge in [0.2, 0.25) is 0 Å². The number of hydrogen-bond donors (Lipinski definition) is 0. The maximum atomic E-state index is 13.1. The maximum Gasteiger partial charge on any atom is 0.179 e. The van der Waals surface area contributed by atoms with Crippen LogP contribution in [0.4, 0.5) is 4.39 Å². The minimum atomic E-state index is -1.19. The van der Waals surface area contributed by atoms with Crippen LogP contribution in [0.25, 0.3) is 0 Å². The molecule has 0 N–H and O–H groups in total. The summed E-state index contributed by atoms with van der Waals surface area (Å²) in [5, 5.41) is 0. The van der Waals surface area contributed by atoms with Crippen LogP contribution in [0.2, 0.25) is 0 Å². The van der Waals surface area contributed by atoms with E-state index >= 15 is 0 Å². The van der Waals surface area contributed by atoms with Crippen LogP contribution in [0.15, 0.2) is 18.2 Å². The normalized spacial score (nSPS) is 12.2. The number of hydrogen-bond acceptors (Lipinski definition) is 3. The summed E-state index contributed by atoms with van der Waals surface area (Å²) in [5.74, 6) is -0.118. The van der Waals surface area contributed by atoms with Crippen molar-refractivity contribution in [2.45, 2.75) is 19.8 Å². The van der Waals surface area contributed by atoms with Crippen molar-refractivity contribution in [3.63, 3.8) is 0 Å². The first-order chi connectivity index (χ1) is 8.58. The van der Waals surface area contributed by atoms with Crippen LogP contribution in [-0.4, -0.2) is 28.6 Å². The number of Topliss-reactive ketones (excluding diaryl/α,β-unsaturated/α-hetero) is 1. The molecule has 0 saturated carbocycles. The maximum absolute atomic E-state index is 13.1. The monoisotopic (exact) mass is 272 g/mol. The van der Waals surface area contributed by atoms with Gasteiger partial charge in [0, 0.05) is 16.6 Å². The molecule has 100 valence electrons. The van der Waals surface area contributed by atoms with E-state index in [2.05, 4.69) is 0 Å². The zero-order valence-electron chi connectivity index (χ0n) is 10.6. The zero-order valence-corrected chi connectivity index (χ0v) is 11.4. The minimum Gasteiger partial charge on any atom is -0.496 e. The third-order valence-electron chi connectivity index (χ3n) is 2.48. The zero-order chi connectivity index (χ0) is 13.5. The molecule has 0 amide bonds. The highest BCUT2D eigenvalue weighted by molar-refractivity contribution is 7.85. The van der Waals surface area contributed by atoms with Gasteiger partial charge >= 0.3 is 0 Å². The lowest BCUT2D eigenvalue weighted by atomic mass is 10.1. The van der Waals surface area contributed by atoms with E-state index in [0.717, 1.165) is 18.9 Å². The van der Waals surface area contributed by atoms with Crippen molar-refractivity contribution in [1.82, 2.24) is 0 Å². The molecule has 1 atom stereocenters. The van der Waals surface area contributed by atoms with Crippen LogP contribution in [0.3, 0.4) is 0 Å².